The number of aldehydes is 1. The minimum Gasteiger partial charge on any atom is -0.297 e. The van der Waals surface area contributed by atoms with E-state index in [-0.39, 0.29) is 5.03 Å². The van der Waals surface area contributed by atoms with Crippen LogP contribution < -0.4 is 0 Å². The van der Waals surface area contributed by atoms with E-state index in [0.29, 0.717) is 6.29 Å². The largest absolute Gasteiger partial charge is 0.297 e. The first-order valence-corrected chi connectivity index (χ1v) is 4.55. The molecule has 1 nitrogen and oxygen atoms in total. The Morgan fingerprint density at radius 3 is 2.62 bits per heavy atom. The zero-order valence-electron chi connectivity index (χ0n) is 7.24. The highest BCUT2D eigenvalue weighted by atomic mass is 35.5. The standard InChI is InChI=1S/C11H11ClO/c12-11(9-13)8-4-7-10-5-2-1-3-6-10/h1-3,5-6,8-9H,4,7H2/b11-8-. The minimum atomic E-state index is 0.288. The number of carbonyl (C=O) groups excluding carboxylic acids is 1. The molecular formula is C11H11ClO. The summed E-state index contributed by atoms with van der Waals surface area (Å²) in [7, 11) is 0. The van der Waals surface area contributed by atoms with Crippen LogP contribution in [0.1, 0.15) is 12.0 Å². The lowest BCUT2D eigenvalue weighted by molar-refractivity contribution is -0.104. The van der Waals surface area contributed by atoms with Crippen molar-refractivity contribution in [2.24, 2.45) is 0 Å². The zero-order chi connectivity index (χ0) is 9.52. The summed E-state index contributed by atoms with van der Waals surface area (Å²) in [6.07, 6.45) is 4.13. The number of hydrogen-bond acceptors (Lipinski definition) is 1. The monoisotopic (exact) mass is 194 g/mol. The second-order valence-corrected chi connectivity index (χ2v) is 3.17. The zero-order valence-corrected chi connectivity index (χ0v) is 8.00. The fraction of sp³-hybridized carbons (Fsp3) is 0.182. The van der Waals surface area contributed by atoms with Gasteiger partial charge >= 0.3 is 0 Å². The van der Waals surface area contributed by atoms with Crippen LogP contribution in [0.5, 0.6) is 0 Å². The molecule has 0 spiro atoms. The van der Waals surface area contributed by atoms with Gasteiger partial charge in [-0.3, -0.25) is 4.79 Å². The smallest absolute Gasteiger partial charge is 0.161 e. The molecule has 2 heteroatoms. The fourth-order valence-corrected chi connectivity index (χ4v) is 1.18. The Labute approximate surface area is 83.0 Å². The molecule has 0 N–H and O–H groups in total. The Balaban J connectivity index is 2.40. The average molecular weight is 195 g/mol. The van der Waals surface area contributed by atoms with Gasteiger partial charge in [-0.2, -0.15) is 0 Å². The predicted octanol–water partition coefficient (Wildman–Crippen LogP) is 2.94. The molecule has 0 aliphatic carbocycles. The highest BCUT2D eigenvalue weighted by Crippen LogP contribution is 2.05. The second kappa shape index (κ2) is 5.55. The SMILES string of the molecule is O=C/C(Cl)=C/CCc1ccccc1. The highest BCUT2D eigenvalue weighted by Gasteiger charge is 1.90. The van der Waals surface area contributed by atoms with Gasteiger partial charge in [0.05, 0.1) is 5.03 Å². The molecule has 0 atom stereocenters. The number of aryl methyl sites for hydroxylation is 1. The first-order valence-electron chi connectivity index (χ1n) is 4.17. The lowest BCUT2D eigenvalue weighted by Crippen LogP contribution is -1.82. The van der Waals surface area contributed by atoms with Crippen LogP contribution in [-0.4, -0.2) is 6.29 Å². The maximum Gasteiger partial charge on any atom is 0.161 e. The number of hydrogen-bond donors (Lipinski definition) is 0. The minimum absolute atomic E-state index is 0.288. The molecule has 1 aromatic carbocycles. The molecule has 0 saturated heterocycles. The number of carbonyl (C=O) groups is 1. The number of benzene rings is 1. The molecule has 0 aromatic heterocycles. The average Bonchev–Trinajstić information content (AvgIpc) is 2.19. The van der Waals surface area contributed by atoms with Gasteiger partial charge in [0, 0.05) is 0 Å². The van der Waals surface area contributed by atoms with Crippen molar-refractivity contribution in [2.75, 3.05) is 0 Å². The molecule has 0 saturated carbocycles. The molecule has 68 valence electrons. The van der Waals surface area contributed by atoms with Crippen LogP contribution in [0.4, 0.5) is 0 Å². The molecule has 13 heavy (non-hydrogen) atoms. The van der Waals surface area contributed by atoms with Crippen LogP contribution in [0.15, 0.2) is 41.4 Å². The molecule has 0 aliphatic heterocycles. The van der Waals surface area contributed by atoms with Gasteiger partial charge in [0.2, 0.25) is 0 Å². The van der Waals surface area contributed by atoms with Gasteiger partial charge in [-0.1, -0.05) is 48.0 Å². The first-order chi connectivity index (χ1) is 6.33. The van der Waals surface area contributed by atoms with Crippen molar-refractivity contribution >= 4 is 17.9 Å². The van der Waals surface area contributed by atoms with E-state index in [1.165, 1.54) is 5.56 Å². The maximum atomic E-state index is 10.1. The van der Waals surface area contributed by atoms with Crippen LogP contribution in [0.3, 0.4) is 0 Å². The number of rotatable bonds is 4. The summed E-state index contributed by atoms with van der Waals surface area (Å²) in [6.45, 7) is 0. The van der Waals surface area contributed by atoms with Gasteiger partial charge in [-0.25, -0.2) is 0 Å². The van der Waals surface area contributed by atoms with Crippen molar-refractivity contribution in [3.8, 4) is 0 Å². The van der Waals surface area contributed by atoms with Gasteiger partial charge in [0.25, 0.3) is 0 Å². The van der Waals surface area contributed by atoms with E-state index < -0.39 is 0 Å². The lowest BCUT2D eigenvalue weighted by atomic mass is 10.1. The van der Waals surface area contributed by atoms with Crippen molar-refractivity contribution < 1.29 is 4.79 Å². The molecule has 0 unspecified atom stereocenters. The first kappa shape index (κ1) is 10.0. The Bertz CT molecular complexity index is 290. The van der Waals surface area contributed by atoms with Crippen molar-refractivity contribution in [3.05, 3.63) is 47.0 Å². The highest BCUT2D eigenvalue weighted by molar-refractivity contribution is 6.38. The maximum absolute atomic E-state index is 10.1. The fourth-order valence-electron chi connectivity index (χ4n) is 1.07. The van der Waals surface area contributed by atoms with E-state index in [2.05, 4.69) is 12.1 Å². The predicted molar refractivity (Wildman–Crippen MR) is 54.8 cm³/mol. The van der Waals surface area contributed by atoms with E-state index in [4.69, 9.17) is 11.6 Å². The molecular weight excluding hydrogens is 184 g/mol. The summed E-state index contributed by atoms with van der Waals surface area (Å²) in [6, 6.07) is 10.1. The van der Waals surface area contributed by atoms with Crippen molar-refractivity contribution in [1.82, 2.24) is 0 Å². The lowest BCUT2D eigenvalue weighted by Gasteiger charge is -1.96. The van der Waals surface area contributed by atoms with Crippen molar-refractivity contribution in [3.63, 3.8) is 0 Å². The summed E-state index contributed by atoms with van der Waals surface area (Å²) in [5, 5.41) is 0.288. The summed E-state index contributed by atoms with van der Waals surface area (Å²) < 4.78 is 0. The van der Waals surface area contributed by atoms with Crippen LogP contribution >= 0.6 is 11.6 Å². The van der Waals surface area contributed by atoms with E-state index in [0.717, 1.165) is 12.8 Å². The van der Waals surface area contributed by atoms with E-state index in [1.54, 1.807) is 6.08 Å². The third kappa shape index (κ3) is 3.90. The Hall–Kier alpha value is -1.08. The molecule has 0 aliphatic rings. The van der Waals surface area contributed by atoms with E-state index >= 15 is 0 Å². The van der Waals surface area contributed by atoms with Crippen LogP contribution in [0, 0.1) is 0 Å². The van der Waals surface area contributed by atoms with Crippen LogP contribution in [0.2, 0.25) is 0 Å². The number of allylic oxidation sites excluding steroid dienone is 2. The number of halogens is 1. The molecule has 0 bridgehead atoms. The topological polar surface area (TPSA) is 17.1 Å². The summed E-state index contributed by atoms with van der Waals surface area (Å²) in [4.78, 5) is 10.1. The van der Waals surface area contributed by atoms with Gasteiger partial charge in [-0.05, 0) is 18.4 Å². The Morgan fingerprint density at radius 2 is 2.00 bits per heavy atom. The summed E-state index contributed by atoms with van der Waals surface area (Å²) in [5.41, 5.74) is 1.26. The second-order valence-electron chi connectivity index (χ2n) is 2.73. The van der Waals surface area contributed by atoms with Gasteiger partial charge < -0.3 is 0 Å². The summed E-state index contributed by atoms with van der Waals surface area (Å²) in [5.74, 6) is 0. The van der Waals surface area contributed by atoms with E-state index in [9.17, 15) is 4.79 Å². The quantitative estimate of drug-likeness (QED) is 0.532. The van der Waals surface area contributed by atoms with E-state index in [1.807, 2.05) is 18.2 Å². The summed E-state index contributed by atoms with van der Waals surface area (Å²) >= 11 is 5.52. The van der Waals surface area contributed by atoms with Crippen molar-refractivity contribution in [1.29, 1.82) is 0 Å². The molecule has 0 fully saturated rings. The van der Waals surface area contributed by atoms with Crippen molar-refractivity contribution in [2.45, 2.75) is 12.8 Å². The Kier molecular flexibility index (Phi) is 4.27. The third-order valence-electron chi connectivity index (χ3n) is 1.73. The third-order valence-corrected chi connectivity index (χ3v) is 1.97. The van der Waals surface area contributed by atoms with Gasteiger partial charge in [0.15, 0.2) is 6.29 Å². The normalized spacial score (nSPS) is 11.3. The Morgan fingerprint density at radius 1 is 1.31 bits per heavy atom. The molecule has 0 heterocycles. The molecule has 1 aromatic rings. The molecule has 1 rings (SSSR count). The van der Waals surface area contributed by atoms with Gasteiger partial charge in [-0.15, -0.1) is 0 Å². The van der Waals surface area contributed by atoms with Crippen LogP contribution in [-0.2, 0) is 11.2 Å². The van der Waals surface area contributed by atoms with Crippen LogP contribution in [0.25, 0.3) is 0 Å². The molecule has 0 amide bonds. The molecule has 0 radical (unpaired) electrons. The van der Waals surface area contributed by atoms with Gasteiger partial charge in [0.1, 0.15) is 0 Å².